The Morgan fingerprint density at radius 2 is 2.33 bits per heavy atom. The van der Waals surface area contributed by atoms with Crippen LogP contribution in [-0.4, -0.2) is 15.7 Å². The number of hydrogen-bond acceptors (Lipinski definition) is 4. The normalized spacial score (nSPS) is 10.5. The molecular weight excluding hydrogens is 234 g/mol. The number of nitrogens with two attached hydrogens (primary N) is 1. The highest BCUT2D eigenvalue weighted by Gasteiger charge is 2.13. The first-order valence-corrected chi connectivity index (χ1v) is 5.39. The van der Waals surface area contributed by atoms with Crippen molar-refractivity contribution < 1.29 is 4.79 Å². The molecular formula is C9H8ClN3OS. The van der Waals surface area contributed by atoms with Gasteiger partial charge >= 0.3 is 0 Å². The van der Waals surface area contributed by atoms with Gasteiger partial charge in [-0.25, -0.2) is 4.68 Å². The Labute approximate surface area is 95.3 Å². The molecule has 0 aliphatic heterocycles. The highest BCUT2D eigenvalue weighted by atomic mass is 35.5. The van der Waals surface area contributed by atoms with E-state index >= 15 is 0 Å². The van der Waals surface area contributed by atoms with Gasteiger partial charge in [0.25, 0.3) is 5.91 Å². The number of carbonyl (C=O) groups is 1. The van der Waals surface area contributed by atoms with Gasteiger partial charge in [0, 0.05) is 0 Å². The van der Waals surface area contributed by atoms with E-state index in [4.69, 9.17) is 17.3 Å². The molecule has 0 atom stereocenters. The predicted molar refractivity (Wildman–Crippen MR) is 60.4 cm³/mol. The number of hydrogen-bond donors (Lipinski definition) is 1. The first-order valence-electron chi connectivity index (χ1n) is 4.19. The van der Waals surface area contributed by atoms with Gasteiger partial charge in [-0.05, 0) is 19.1 Å². The van der Waals surface area contributed by atoms with E-state index in [9.17, 15) is 4.79 Å². The van der Waals surface area contributed by atoms with Gasteiger partial charge in [0.1, 0.15) is 0 Å². The standard InChI is InChI=1S/C9H8ClN3OS/c1-5-6(11)4-13(12-5)9(14)7-2-3-8(10)15-7/h2-4H,11H2,1H3. The second-order valence-electron chi connectivity index (χ2n) is 3.02. The van der Waals surface area contributed by atoms with Crippen LogP contribution < -0.4 is 5.73 Å². The molecule has 0 aliphatic carbocycles. The zero-order chi connectivity index (χ0) is 11.0. The molecule has 0 aromatic carbocycles. The Morgan fingerprint density at radius 1 is 1.60 bits per heavy atom. The number of aromatic nitrogens is 2. The molecule has 0 spiro atoms. The van der Waals surface area contributed by atoms with E-state index in [1.807, 2.05) is 0 Å². The van der Waals surface area contributed by atoms with Crippen LogP contribution in [0.5, 0.6) is 0 Å². The summed E-state index contributed by atoms with van der Waals surface area (Å²) in [6.07, 6.45) is 1.51. The molecule has 0 fully saturated rings. The van der Waals surface area contributed by atoms with E-state index in [0.29, 0.717) is 20.6 Å². The Kier molecular flexibility index (Phi) is 2.50. The van der Waals surface area contributed by atoms with Crippen LogP contribution in [0, 0.1) is 6.92 Å². The Balaban J connectivity index is 2.36. The average molecular weight is 242 g/mol. The SMILES string of the molecule is Cc1nn(C(=O)c2ccc(Cl)s2)cc1N. The number of rotatable bonds is 1. The molecule has 0 amide bonds. The van der Waals surface area contributed by atoms with Crippen molar-refractivity contribution in [2.75, 3.05) is 5.73 Å². The van der Waals surface area contributed by atoms with Gasteiger partial charge < -0.3 is 5.73 Å². The lowest BCUT2D eigenvalue weighted by Crippen LogP contribution is -2.10. The molecule has 0 aliphatic rings. The Hall–Kier alpha value is -1.33. The average Bonchev–Trinajstić information content (AvgIpc) is 2.74. The summed E-state index contributed by atoms with van der Waals surface area (Å²) >= 11 is 6.96. The molecule has 0 saturated heterocycles. The minimum absolute atomic E-state index is 0.216. The zero-order valence-electron chi connectivity index (χ0n) is 7.90. The number of carbonyl (C=O) groups excluding carboxylic acids is 1. The monoisotopic (exact) mass is 241 g/mol. The van der Waals surface area contributed by atoms with E-state index in [1.54, 1.807) is 19.1 Å². The first kappa shape index (κ1) is 10.2. The molecule has 2 rings (SSSR count). The number of anilines is 1. The molecule has 78 valence electrons. The number of nitrogen functional groups attached to an aromatic ring is 1. The first-order chi connectivity index (χ1) is 7.08. The van der Waals surface area contributed by atoms with Crippen LogP contribution in [0.15, 0.2) is 18.3 Å². The molecule has 4 nitrogen and oxygen atoms in total. The van der Waals surface area contributed by atoms with E-state index in [1.165, 1.54) is 22.2 Å². The minimum Gasteiger partial charge on any atom is -0.396 e. The summed E-state index contributed by atoms with van der Waals surface area (Å²) in [5.41, 5.74) is 6.75. The summed E-state index contributed by atoms with van der Waals surface area (Å²) in [6, 6.07) is 3.35. The fourth-order valence-electron chi connectivity index (χ4n) is 1.12. The van der Waals surface area contributed by atoms with Gasteiger partial charge in [-0.2, -0.15) is 5.10 Å². The molecule has 6 heteroatoms. The van der Waals surface area contributed by atoms with Crippen molar-refractivity contribution in [2.24, 2.45) is 0 Å². The van der Waals surface area contributed by atoms with Crippen LogP contribution in [0.3, 0.4) is 0 Å². The van der Waals surface area contributed by atoms with Crippen molar-refractivity contribution in [2.45, 2.75) is 6.92 Å². The topological polar surface area (TPSA) is 60.9 Å². The third-order valence-corrected chi connectivity index (χ3v) is 3.15. The Morgan fingerprint density at radius 3 is 2.80 bits per heavy atom. The van der Waals surface area contributed by atoms with E-state index in [-0.39, 0.29) is 5.91 Å². The molecule has 2 heterocycles. The Bertz CT molecular complexity index is 498. The van der Waals surface area contributed by atoms with Gasteiger partial charge in [-0.15, -0.1) is 11.3 Å². The van der Waals surface area contributed by atoms with Crippen LogP contribution in [0.2, 0.25) is 4.34 Å². The van der Waals surface area contributed by atoms with E-state index < -0.39 is 0 Å². The molecule has 2 aromatic heterocycles. The zero-order valence-corrected chi connectivity index (χ0v) is 9.47. The van der Waals surface area contributed by atoms with E-state index in [0.717, 1.165) is 0 Å². The van der Waals surface area contributed by atoms with Crippen molar-refractivity contribution in [3.05, 3.63) is 33.2 Å². The highest BCUT2D eigenvalue weighted by molar-refractivity contribution is 7.18. The third kappa shape index (κ3) is 1.88. The largest absolute Gasteiger partial charge is 0.396 e. The van der Waals surface area contributed by atoms with Gasteiger partial charge in [0.05, 0.1) is 26.8 Å². The van der Waals surface area contributed by atoms with Crippen LogP contribution in [0.1, 0.15) is 15.4 Å². The number of thiophene rings is 1. The molecule has 0 radical (unpaired) electrons. The van der Waals surface area contributed by atoms with Gasteiger partial charge in [-0.1, -0.05) is 11.6 Å². The highest BCUT2D eigenvalue weighted by Crippen LogP contribution is 2.22. The fourth-order valence-corrected chi connectivity index (χ4v) is 2.09. The van der Waals surface area contributed by atoms with Crippen LogP contribution >= 0.6 is 22.9 Å². The fraction of sp³-hybridized carbons (Fsp3) is 0.111. The molecule has 2 N–H and O–H groups in total. The number of halogens is 1. The third-order valence-electron chi connectivity index (χ3n) is 1.93. The van der Waals surface area contributed by atoms with Gasteiger partial charge in [-0.3, -0.25) is 4.79 Å². The quantitative estimate of drug-likeness (QED) is 0.833. The number of aryl methyl sites for hydroxylation is 1. The maximum Gasteiger partial charge on any atom is 0.288 e. The summed E-state index contributed by atoms with van der Waals surface area (Å²) < 4.78 is 1.81. The van der Waals surface area contributed by atoms with E-state index in [2.05, 4.69) is 5.10 Å². The summed E-state index contributed by atoms with van der Waals surface area (Å²) in [5, 5.41) is 4.00. The summed E-state index contributed by atoms with van der Waals surface area (Å²) in [4.78, 5) is 12.4. The van der Waals surface area contributed by atoms with Crippen molar-refractivity contribution in [1.29, 1.82) is 0 Å². The van der Waals surface area contributed by atoms with Crippen LogP contribution in [-0.2, 0) is 0 Å². The summed E-state index contributed by atoms with van der Waals surface area (Å²) in [6.45, 7) is 1.75. The van der Waals surface area contributed by atoms with Gasteiger partial charge in [0.2, 0.25) is 0 Å². The summed E-state index contributed by atoms with van der Waals surface area (Å²) in [5.74, 6) is -0.216. The van der Waals surface area contributed by atoms with Crippen molar-refractivity contribution in [3.8, 4) is 0 Å². The lowest BCUT2D eigenvalue weighted by atomic mass is 10.4. The number of nitrogens with zero attached hydrogens (tertiary/aromatic N) is 2. The van der Waals surface area contributed by atoms with Crippen molar-refractivity contribution in [3.63, 3.8) is 0 Å². The summed E-state index contributed by atoms with van der Waals surface area (Å²) in [7, 11) is 0. The van der Waals surface area contributed by atoms with Gasteiger partial charge in [0.15, 0.2) is 0 Å². The second kappa shape index (κ2) is 3.67. The maximum atomic E-state index is 11.8. The molecule has 2 aromatic rings. The van der Waals surface area contributed by atoms with Crippen LogP contribution in [0.25, 0.3) is 0 Å². The minimum atomic E-state index is -0.216. The second-order valence-corrected chi connectivity index (χ2v) is 4.74. The maximum absolute atomic E-state index is 11.8. The molecule has 0 bridgehead atoms. The smallest absolute Gasteiger partial charge is 0.288 e. The molecule has 0 unspecified atom stereocenters. The van der Waals surface area contributed by atoms with Crippen LogP contribution in [0.4, 0.5) is 5.69 Å². The predicted octanol–water partition coefficient (Wildman–Crippen LogP) is 2.18. The molecule has 15 heavy (non-hydrogen) atoms. The van der Waals surface area contributed by atoms with Crippen molar-refractivity contribution >= 4 is 34.5 Å². The lowest BCUT2D eigenvalue weighted by Gasteiger charge is -1.94. The lowest BCUT2D eigenvalue weighted by molar-refractivity contribution is 0.0949. The van der Waals surface area contributed by atoms with Crippen molar-refractivity contribution in [1.82, 2.24) is 9.78 Å². The molecule has 0 saturated carbocycles.